The van der Waals surface area contributed by atoms with Gasteiger partial charge in [0.1, 0.15) is 23.1 Å². The maximum Gasteiger partial charge on any atom is 0.251 e. The fraction of sp³-hybridized carbons (Fsp3) is 0.120. The lowest BCUT2D eigenvalue weighted by molar-refractivity contribution is 0.0950. The van der Waals surface area contributed by atoms with Crippen molar-refractivity contribution in [3.05, 3.63) is 89.9 Å². The van der Waals surface area contributed by atoms with Gasteiger partial charge < -0.3 is 19.8 Å². The number of methoxy groups -OCH3 is 2. The number of ether oxygens (including phenoxy) is 2. The Morgan fingerprint density at radius 1 is 1.03 bits per heavy atom. The van der Waals surface area contributed by atoms with E-state index >= 15 is 0 Å². The van der Waals surface area contributed by atoms with E-state index < -0.39 is 5.82 Å². The molecule has 7 heteroatoms. The number of carbonyl (C=O) groups is 1. The van der Waals surface area contributed by atoms with Gasteiger partial charge in [0.25, 0.3) is 5.91 Å². The predicted molar refractivity (Wildman–Crippen MR) is 120 cm³/mol. The highest BCUT2D eigenvalue weighted by Gasteiger charge is 2.12. The molecule has 0 fully saturated rings. The van der Waals surface area contributed by atoms with Gasteiger partial charge in [0, 0.05) is 23.2 Å². The van der Waals surface area contributed by atoms with Crippen molar-refractivity contribution < 1.29 is 18.7 Å². The number of carbonyl (C=O) groups excluding carboxylic acids is 1. The number of nitrogens with zero attached hydrogens (tertiary/aromatic N) is 1. The zero-order valence-corrected chi connectivity index (χ0v) is 17.7. The molecule has 1 heterocycles. The molecule has 162 valence electrons. The first-order valence-corrected chi connectivity index (χ1v) is 9.98. The largest absolute Gasteiger partial charge is 0.497 e. The Hall–Kier alpha value is -4.13. The van der Waals surface area contributed by atoms with Crippen LogP contribution < -0.4 is 14.8 Å². The lowest BCUT2D eigenvalue weighted by atomic mass is 10.1. The van der Waals surface area contributed by atoms with Gasteiger partial charge in [0.2, 0.25) is 0 Å². The van der Waals surface area contributed by atoms with Crippen molar-refractivity contribution in [2.75, 3.05) is 14.2 Å². The third kappa shape index (κ3) is 4.62. The van der Waals surface area contributed by atoms with Crippen LogP contribution in [-0.4, -0.2) is 30.1 Å². The van der Waals surface area contributed by atoms with Crippen LogP contribution in [-0.2, 0) is 6.54 Å². The Morgan fingerprint density at radius 2 is 1.88 bits per heavy atom. The minimum Gasteiger partial charge on any atom is -0.497 e. The molecule has 3 aromatic carbocycles. The zero-order valence-electron chi connectivity index (χ0n) is 17.7. The lowest BCUT2D eigenvalue weighted by Crippen LogP contribution is -2.22. The molecule has 32 heavy (non-hydrogen) atoms. The summed E-state index contributed by atoms with van der Waals surface area (Å²) in [6.45, 7) is 0.306. The molecule has 1 amide bonds. The highest BCUT2D eigenvalue weighted by Crippen LogP contribution is 2.33. The maximum absolute atomic E-state index is 13.3. The van der Waals surface area contributed by atoms with Gasteiger partial charge >= 0.3 is 0 Å². The minimum atomic E-state index is -0.444. The van der Waals surface area contributed by atoms with Crippen LogP contribution in [0.15, 0.2) is 72.9 Å². The first-order valence-electron chi connectivity index (χ1n) is 9.98. The van der Waals surface area contributed by atoms with Crippen LogP contribution >= 0.6 is 0 Å². The van der Waals surface area contributed by atoms with Gasteiger partial charge in [-0.3, -0.25) is 4.79 Å². The fourth-order valence-corrected chi connectivity index (χ4v) is 3.37. The molecular weight excluding hydrogens is 409 g/mol. The number of halogens is 1. The van der Waals surface area contributed by atoms with Crippen LogP contribution in [0.5, 0.6) is 11.5 Å². The number of hydrogen-bond acceptors (Lipinski definition) is 4. The average molecular weight is 431 g/mol. The van der Waals surface area contributed by atoms with Crippen molar-refractivity contribution in [3.63, 3.8) is 0 Å². The first kappa shape index (κ1) is 21.1. The molecular formula is C25H22FN3O3. The summed E-state index contributed by atoms with van der Waals surface area (Å²) < 4.78 is 24.1. The van der Waals surface area contributed by atoms with E-state index in [4.69, 9.17) is 9.47 Å². The molecule has 0 atom stereocenters. The number of benzene rings is 3. The molecule has 4 aromatic rings. The molecule has 4 rings (SSSR count). The molecule has 0 radical (unpaired) electrons. The van der Waals surface area contributed by atoms with E-state index in [9.17, 15) is 9.18 Å². The topological polar surface area (TPSA) is 76.2 Å². The van der Waals surface area contributed by atoms with E-state index in [2.05, 4.69) is 15.3 Å². The molecule has 0 saturated carbocycles. The van der Waals surface area contributed by atoms with Gasteiger partial charge in [-0.25, -0.2) is 9.37 Å². The SMILES string of the molecule is COc1ccc(OC)c(-c2cnc(-c3cccc(CNC(=O)c4cccc(F)c4)c3)[nH]2)c1. The van der Waals surface area contributed by atoms with E-state index in [1.165, 1.54) is 18.2 Å². The third-order valence-electron chi connectivity index (χ3n) is 5.01. The predicted octanol–water partition coefficient (Wildman–Crippen LogP) is 4.83. The number of aromatic amines is 1. The van der Waals surface area contributed by atoms with Gasteiger partial charge in [0.15, 0.2) is 0 Å². The van der Waals surface area contributed by atoms with Crippen molar-refractivity contribution in [1.29, 1.82) is 0 Å². The molecule has 0 bridgehead atoms. The van der Waals surface area contributed by atoms with E-state index in [-0.39, 0.29) is 11.5 Å². The number of H-pyrrole nitrogens is 1. The van der Waals surface area contributed by atoms with Crippen LogP contribution in [0, 0.1) is 5.82 Å². The number of rotatable bonds is 7. The van der Waals surface area contributed by atoms with E-state index in [1.807, 2.05) is 42.5 Å². The molecule has 0 aliphatic rings. The minimum absolute atomic E-state index is 0.282. The van der Waals surface area contributed by atoms with Gasteiger partial charge in [-0.15, -0.1) is 0 Å². The number of nitrogens with one attached hydrogen (secondary N) is 2. The Bertz CT molecular complexity index is 1250. The summed E-state index contributed by atoms with van der Waals surface area (Å²) in [5.74, 6) is 1.33. The highest BCUT2D eigenvalue weighted by molar-refractivity contribution is 5.94. The zero-order chi connectivity index (χ0) is 22.5. The third-order valence-corrected chi connectivity index (χ3v) is 5.01. The second kappa shape index (κ2) is 9.34. The van der Waals surface area contributed by atoms with Gasteiger partial charge in [-0.1, -0.05) is 24.3 Å². The number of aromatic nitrogens is 2. The summed E-state index contributed by atoms with van der Waals surface area (Å²) >= 11 is 0. The molecule has 6 nitrogen and oxygen atoms in total. The number of hydrogen-bond donors (Lipinski definition) is 2. The van der Waals surface area contributed by atoms with Crippen molar-refractivity contribution in [2.24, 2.45) is 0 Å². The van der Waals surface area contributed by atoms with Crippen LogP contribution in [0.25, 0.3) is 22.6 Å². The fourth-order valence-electron chi connectivity index (χ4n) is 3.37. The molecule has 0 spiro atoms. The molecule has 0 saturated heterocycles. The number of imidazole rings is 1. The summed E-state index contributed by atoms with van der Waals surface area (Å²) in [6, 6.07) is 18.8. The van der Waals surface area contributed by atoms with Gasteiger partial charge in [-0.05, 0) is 48.0 Å². The Balaban J connectivity index is 1.52. The summed E-state index contributed by atoms with van der Waals surface area (Å²) in [5.41, 5.74) is 3.67. The van der Waals surface area contributed by atoms with Crippen molar-refractivity contribution in [1.82, 2.24) is 15.3 Å². The highest BCUT2D eigenvalue weighted by atomic mass is 19.1. The second-order valence-corrected chi connectivity index (χ2v) is 7.11. The van der Waals surface area contributed by atoms with E-state index in [0.29, 0.717) is 23.9 Å². The lowest BCUT2D eigenvalue weighted by Gasteiger charge is -2.09. The van der Waals surface area contributed by atoms with Crippen LogP contribution in [0.4, 0.5) is 4.39 Å². The summed E-state index contributed by atoms with van der Waals surface area (Å²) in [4.78, 5) is 20.1. The van der Waals surface area contributed by atoms with Crippen molar-refractivity contribution >= 4 is 5.91 Å². The monoisotopic (exact) mass is 431 g/mol. The van der Waals surface area contributed by atoms with Crippen molar-refractivity contribution in [3.8, 4) is 34.1 Å². The standard InChI is InChI=1S/C25H22FN3O3/c1-31-20-9-10-23(32-2)21(13-20)22-15-27-24(29-22)17-6-3-5-16(11-17)14-28-25(30)18-7-4-8-19(26)12-18/h3-13,15H,14H2,1-2H3,(H,27,29)(H,28,30). The molecule has 1 aromatic heterocycles. The number of amides is 1. The molecule has 2 N–H and O–H groups in total. The quantitative estimate of drug-likeness (QED) is 0.439. The summed E-state index contributed by atoms with van der Waals surface area (Å²) in [5, 5.41) is 2.81. The van der Waals surface area contributed by atoms with Gasteiger partial charge in [0.05, 0.1) is 26.1 Å². The summed E-state index contributed by atoms with van der Waals surface area (Å²) in [7, 11) is 3.23. The first-order chi connectivity index (χ1) is 15.6. The molecule has 0 unspecified atom stereocenters. The smallest absolute Gasteiger partial charge is 0.251 e. The maximum atomic E-state index is 13.3. The normalized spacial score (nSPS) is 10.6. The Labute approximate surface area is 185 Å². The molecule has 0 aliphatic heterocycles. The van der Waals surface area contributed by atoms with Crippen LogP contribution in [0.1, 0.15) is 15.9 Å². The summed E-state index contributed by atoms with van der Waals surface area (Å²) in [6.07, 6.45) is 1.74. The van der Waals surface area contributed by atoms with E-state index in [0.717, 1.165) is 22.4 Å². The van der Waals surface area contributed by atoms with Gasteiger partial charge in [-0.2, -0.15) is 0 Å². The van der Waals surface area contributed by atoms with E-state index in [1.54, 1.807) is 26.5 Å². The Kier molecular flexibility index (Phi) is 6.17. The average Bonchev–Trinajstić information content (AvgIpc) is 3.32. The second-order valence-electron chi connectivity index (χ2n) is 7.11. The van der Waals surface area contributed by atoms with Crippen LogP contribution in [0.2, 0.25) is 0 Å². The van der Waals surface area contributed by atoms with Crippen LogP contribution in [0.3, 0.4) is 0 Å². The Morgan fingerprint density at radius 3 is 2.66 bits per heavy atom. The molecule has 0 aliphatic carbocycles. The van der Waals surface area contributed by atoms with Crippen molar-refractivity contribution in [2.45, 2.75) is 6.54 Å².